The maximum Gasteiger partial charge on any atom is 0.287 e. The first-order valence-corrected chi connectivity index (χ1v) is 9.60. The first-order chi connectivity index (χ1) is 14.6. The Labute approximate surface area is 172 Å². The lowest BCUT2D eigenvalue weighted by Gasteiger charge is -2.27. The summed E-state index contributed by atoms with van der Waals surface area (Å²) in [7, 11) is 0. The number of nitrogens with zero attached hydrogens (tertiary/aromatic N) is 4. The van der Waals surface area contributed by atoms with Crippen LogP contribution in [0.15, 0.2) is 59.3 Å². The third kappa shape index (κ3) is 3.69. The predicted molar refractivity (Wildman–Crippen MR) is 107 cm³/mol. The Morgan fingerprint density at radius 2 is 1.83 bits per heavy atom. The topological polar surface area (TPSA) is 101 Å². The van der Waals surface area contributed by atoms with Crippen LogP contribution in [0.25, 0.3) is 5.69 Å². The molecule has 1 fully saturated rings. The Morgan fingerprint density at radius 3 is 2.57 bits per heavy atom. The van der Waals surface area contributed by atoms with Crippen LogP contribution in [0.5, 0.6) is 0 Å². The molecule has 0 unspecified atom stereocenters. The van der Waals surface area contributed by atoms with E-state index in [0.717, 1.165) is 5.69 Å². The van der Waals surface area contributed by atoms with Crippen LogP contribution < -0.4 is 5.32 Å². The Morgan fingerprint density at radius 1 is 1.07 bits per heavy atom. The van der Waals surface area contributed by atoms with Crippen molar-refractivity contribution in [3.05, 3.63) is 71.9 Å². The minimum atomic E-state index is -0.481. The minimum absolute atomic E-state index is 0.126. The first kappa shape index (κ1) is 19.4. The number of carbonyl (C=O) groups excluding carboxylic acids is 3. The van der Waals surface area contributed by atoms with E-state index in [4.69, 9.17) is 4.42 Å². The number of rotatable bonds is 5. The summed E-state index contributed by atoms with van der Waals surface area (Å²) in [6, 6.07) is 12.6. The molecule has 3 amide bonds. The second-order valence-electron chi connectivity index (χ2n) is 6.85. The van der Waals surface area contributed by atoms with E-state index in [1.165, 1.54) is 28.5 Å². The van der Waals surface area contributed by atoms with Crippen LogP contribution >= 0.6 is 0 Å². The molecule has 1 aromatic carbocycles. The van der Waals surface area contributed by atoms with Gasteiger partial charge in [0.05, 0.1) is 35.9 Å². The van der Waals surface area contributed by atoms with Crippen LogP contribution in [-0.2, 0) is 4.79 Å². The summed E-state index contributed by atoms with van der Waals surface area (Å²) in [5, 5.41) is 9.65. The molecule has 3 aromatic rings. The average molecular weight is 407 g/mol. The molecule has 4 rings (SSSR count). The summed E-state index contributed by atoms with van der Waals surface area (Å²) in [6.07, 6.45) is 3.56. The monoisotopic (exact) mass is 407 g/mol. The lowest BCUT2D eigenvalue weighted by Crippen LogP contribution is -2.48. The average Bonchev–Trinajstić information content (AvgIpc) is 3.52. The molecule has 3 heterocycles. The highest BCUT2D eigenvalue weighted by molar-refractivity contribution is 5.98. The van der Waals surface area contributed by atoms with Crippen LogP contribution in [0.3, 0.4) is 0 Å². The second-order valence-corrected chi connectivity index (χ2v) is 6.85. The third-order valence-electron chi connectivity index (χ3n) is 4.94. The largest absolute Gasteiger partial charge is 0.459 e. The molecule has 9 heteroatoms. The highest BCUT2D eigenvalue weighted by Crippen LogP contribution is 2.19. The van der Waals surface area contributed by atoms with Crippen molar-refractivity contribution in [3.8, 4) is 5.69 Å². The highest BCUT2D eigenvalue weighted by Gasteiger charge is 2.33. The number of furan rings is 1. The molecule has 0 aliphatic carbocycles. The molecule has 1 aliphatic heterocycles. The van der Waals surface area contributed by atoms with Crippen molar-refractivity contribution >= 4 is 17.7 Å². The molecular weight excluding hydrogens is 386 g/mol. The van der Waals surface area contributed by atoms with Gasteiger partial charge >= 0.3 is 0 Å². The van der Waals surface area contributed by atoms with Gasteiger partial charge in [0.1, 0.15) is 0 Å². The molecule has 0 bridgehead atoms. The molecule has 0 radical (unpaired) electrons. The van der Waals surface area contributed by atoms with Gasteiger partial charge in [0.25, 0.3) is 17.7 Å². The second kappa shape index (κ2) is 8.24. The lowest BCUT2D eigenvalue weighted by molar-refractivity contribution is -0.139. The number of carbonyl (C=O) groups is 3. The standard InChI is InChI=1S/C21H21N5O4/c1-15-17(13-23-26(15)16-7-3-2-4-8-16)21(29)25-11-6-10-24(25)19(27)14-22-20(28)18-9-5-12-30-18/h2-5,7-9,12-13H,6,10-11,14H2,1H3,(H,22,28). The van der Waals surface area contributed by atoms with E-state index < -0.39 is 5.91 Å². The van der Waals surface area contributed by atoms with Crippen molar-refractivity contribution in [2.24, 2.45) is 0 Å². The van der Waals surface area contributed by atoms with Crippen molar-refractivity contribution in [1.29, 1.82) is 0 Å². The first-order valence-electron chi connectivity index (χ1n) is 9.60. The smallest absolute Gasteiger partial charge is 0.287 e. The van der Waals surface area contributed by atoms with Gasteiger partial charge in [-0.05, 0) is 37.6 Å². The lowest BCUT2D eigenvalue weighted by atomic mass is 10.2. The number of para-hydroxylation sites is 1. The Hall–Kier alpha value is -3.88. The fraction of sp³-hybridized carbons (Fsp3) is 0.238. The highest BCUT2D eigenvalue weighted by atomic mass is 16.3. The fourth-order valence-corrected chi connectivity index (χ4v) is 3.41. The van der Waals surface area contributed by atoms with Gasteiger partial charge < -0.3 is 9.73 Å². The van der Waals surface area contributed by atoms with E-state index in [1.54, 1.807) is 10.7 Å². The zero-order valence-corrected chi connectivity index (χ0v) is 16.4. The van der Waals surface area contributed by atoms with Gasteiger partial charge in [0, 0.05) is 13.1 Å². The van der Waals surface area contributed by atoms with Crippen LogP contribution in [0.4, 0.5) is 0 Å². The number of aromatic nitrogens is 2. The molecule has 0 saturated carbocycles. The molecule has 9 nitrogen and oxygen atoms in total. The number of hydrazine groups is 1. The van der Waals surface area contributed by atoms with E-state index >= 15 is 0 Å². The summed E-state index contributed by atoms with van der Waals surface area (Å²) in [5.41, 5.74) is 1.97. The fourth-order valence-electron chi connectivity index (χ4n) is 3.41. The SMILES string of the molecule is Cc1c(C(=O)N2CCCN2C(=O)CNC(=O)c2ccco2)cnn1-c1ccccc1. The van der Waals surface area contributed by atoms with Crippen molar-refractivity contribution in [2.45, 2.75) is 13.3 Å². The normalized spacial score (nSPS) is 13.5. The van der Waals surface area contributed by atoms with E-state index in [1.807, 2.05) is 37.3 Å². The maximum absolute atomic E-state index is 13.1. The Kier molecular flexibility index (Phi) is 5.34. The zero-order chi connectivity index (χ0) is 21.1. The number of benzene rings is 1. The van der Waals surface area contributed by atoms with Gasteiger partial charge in [-0.2, -0.15) is 5.10 Å². The predicted octanol–water partition coefficient (Wildman–Crippen LogP) is 1.79. The number of amides is 3. The van der Waals surface area contributed by atoms with Crippen molar-refractivity contribution in [1.82, 2.24) is 25.1 Å². The summed E-state index contributed by atoms with van der Waals surface area (Å²) in [6.45, 7) is 2.42. The van der Waals surface area contributed by atoms with Crippen molar-refractivity contribution < 1.29 is 18.8 Å². The van der Waals surface area contributed by atoms with Crippen molar-refractivity contribution in [2.75, 3.05) is 19.6 Å². The number of nitrogens with one attached hydrogen (secondary N) is 1. The summed E-state index contributed by atoms with van der Waals surface area (Å²) >= 11 is 0. The Bertz CT molecular complexity index is 1060. The van der Waals surface area contributed by atoms with E-state index in [-0.39, 0.29) is 24.1 Å². The molecule has 154 valence electrons. The number of hydrogen-bond donors (Lipinski definition) is 1. The molecule has 1 N–H and O–H groups in total. The van der Waals surface area contributed by atoms with Gasteiger partial charge in [-0.3, -0.25) is 14.4 Å². The molecule has 30 heavy (non-hydrogen) atoms. The zero-order valence-electron chi connectivity index (χ0n) is 16.4. The summed E-state index contributed by atoms with van der Waals surface area (Å²) in [4.78, 5) is 37.7. The minimum Gasteiger partial charge on any atom is -0.459 e. The van der Waals surface area contributed by atoms with Crippen molar-refractivity contribution in [3.63, 3.8) is 0 Å². The van der Waals surface area contributed by atoms with Gasteiger partial charge in [0.2, 0.25) is 0 Å². The molecular formula is C21H21N5O4. The van der Waals surface area contributed by atoms with Crippen LogP contribution in [-0.4, -0.2) is 57.2 Å². The summed E-state index contributed by atoms with van der Waals surface area (Å²) in [5.74, 6) is -1.02. The summed E-state index contributed by atoms with van der Waals surface area (Å²) < 4.78 is 6.70. The molecule has 2 aromatic heterocycles. The van der Waals surface area contributed by atoms with Crippen LogP contribution in [0.1, 0.15) is 33.0 Å². The van der Waals surface area contributed by atoms with Crippen LogP contribution in [0, 0.1) is 6.92 Å². The van der Waals surface area contributed by atoms with Crippen LogP contribution in [0.2, 0.25) is 0 Å². The quantitative estimate of drug-likeness (QED) is 0.695. The van der Waals surface area contributed by atoms with E-state index in [0.29, 0.717) is 30.8 Å². The Balaban J connectivity index is 1.45. The third-order valence-corrected chi connectivity index (χ3v) is 4.94. The molecule has 1 saturated heterocycles. The van der Waals surface area contributed by atoms with Gasteiger partial charge in [0.15, 0.2) is 5.76 Å². The molecule has 0 atom stereocenters. The van der Waals surface area contributed by atoms with Gasteiger partial charge in [-0.1, -0.05) is 18.2 Å². The maximum atomic E-state index is 13.1. The van der Waals surface area contributed by atoms with E-state index in [2.05, 4.69) is 10.4 Å². The molecule has 1 aliphatic rings. The van der Waals surface area contributed by atoms with E-state index in [9.17, 15) is 14.4 Å². The molecule has 0 spiro atoms. The number of hydrogen-bond acceptors (Lipinski definition) is 5. The van der Waals surface area contributed by atoms with Gasteiger partial charge in [-0.25, -0.2) is 14.7 Å². The van der Waals surface area contributed by atoms with Gasteiger partial charge in [-0.15, -0.1) is 0 Å².